The summed E-state index contributed by atoms with van der Waals surface area (Å²) in [6.45, 7) is 3.44. The van der Waals surface area contributed by atoms with Gasteiger partial charge in [0.1, 0.15) is 23.9 Å². The van der Waals surface area contributed by atoms with Crippen molar-refractivity contribution in [3.8, 4) is 39.5 Å². The van der Waals surface area contributed by atoms with E-state index in [0.717, 1.165) is 69.9 Å². The summed E-state index contributed by atoms with van der Waals surface area (Å²) in [4.78, 5) is 18.7. The molecular weight excluding hydrogens is 626 g/mol. The summed E-state index contributed by atoms with van der Waals surface area (Å²) in [7, 11) is 3.39. The van der Waals surface area contributed by atoms with Gasteiger partial charge in [-0.15, -0.1) is 0 Å². The molecule has 1 heterocycles. The van der Waals surface area contributed by atoms with Gasteiger partial charge in [0.05, 0.1) is 27.4 Å². The summed E-state index contributed by atoms with van der Waals surface area (Å²) in [5.74, 6) is 2.37. The van der Waals surface area contributed by atoms with Crippen LogP contribution in [0.2, 0.25) is 0 Å². The maximum absolute atomic E-state index is 8.12. The predicted octanol–water partition coefficient (Wildman–Crippen LogP) is 8.61. The van der Waals surface area contributed by atoms with Crippen molar-refractivity contribution in [1.29, 1.82) is 0 Å². The van der Waals surface area contributed by atoms with Crippen LogP contribution in [0.3, 0.4) is 0 Å². The summed E-state index contributed by atoms with van der Waals surface area (Å²) in [5.41, 5.74) is 9.23. The standard InChI is InChI=1S/C42H39NO4.CO2/c1-44-34-18-19-35(40(26-34)45-2)36-27-37-38(28-39(36)43-20-22-46-23-21-43)42(32-16-10-5-11-17-32)33(24-30-12-6-3-7-13-30)25-41(37)47-29-31-14-8-4-9-15-31;2-1-3/h3-19,25-28H,20-24,29H2,1-2H3;. The minimum absolute atomic E-state index is 0.250. The number of rotatable bonds is 10. The Morgan fingerprint density at radius 2 is 1.30 bits per heavy atom. The molecule has 1 saturated heterocycles. The fraction of sp³-hybridized carbons (Fsp3) is 0.186. The van der Waals surface area contributed by atoms with E-state index in [9.17, 15) is 0 Å². The van der Waals surface area contributed by atoms with Gasteiger partial charge in [-0.05, 0) is 70.0 Å². The van der Waals surface area contributed by atoms with Crippen LogP contribution in [0.15, 0.2) is 127 Å². The van der Waals surface area contributed by atoms with Crippen molar-refractivity contribution in [3.63, 3.8) is 0 Å². The zero-order valence-corrected chi connectivity index (χ0v) is 28.3. The van der Waals surface area contributed by atoms with E-state index in [1.54, 1.807) is 14.2 Å². The first-order valence-electron chi connectivity index (χ1n) is 16.6. The number of carbonyl (C=O) groups excluding carboxylic acids is 2. The van der Waals surface area contributed by atoms with Crippen LogP contribution in [0, 0.1) is 0 Å². The molecule has 1 aliphatic heterocycles. The SMILES string of the molecule is COc1ccc(-c2cc3c(OCc4ccccc4)cc(Cc4ccccc4)c(-c4ccccc4)c3cc2N2CCOCC2)c(OC)c1.O=C=O. The lowest BCUT2D eigenvalue weighted by molar-refractivity contribution is -0.191. The Morgan fingerprint density at radius 1 is 0.660 bits per heavy atom. The van der Waals surface area contributed by atoms with Crippen molar-refractivity contribution < 1.29 is 28.5 Å². The molecule has 6 aromatic rings. The summed E-state index contributed by atoms with van der Waals surface area (Å²) in [6, 6.07) is 44.7. The monoisotopic (exact) mass is 665 g/mol. The van der Waals surface area contributed by atoms with E-state index in [-0.39, 0.29) is 6.15 Å². The van der Waals surface area contributed by atoms with E-state index in [1.807, 2.05) is 18.2 Å². The summed E-state index contributed by atoms with van der Waals surface area (Å²) in [5, 5.41) is 2.21. The number of methoxy groups -OCH3 is 2. The normalized spacial score (nSPS) is 12.4. The zero-order valence-electron chi connectivity index (χ0n) is 28.3. The Bertz CT molecular complexity index is 2050. The topological polar surface area (TPSA) is 74.3 Å². The summed E-state index contributed by atoms with van der Waals surface area (Å²) >= 11 is 0. The first-order valence-corrected chi connectivity index (χ1v) is 16.6. The van der Waals surface area contributed by atoms with E-state index in [0.29, 0.717) is 19.8 Å². The van der Waals surface area contributed by atoms with Gasteiger partial charge in [-0.3, -0.25) is 0 Å². The number of morpholine rings is 1. The molecule has 0 radical (unpaired) electrons. The molecule has 7 nitrogen and oxygen atoms in total. The molecule has 0 spiro atoms. The van der Waals surface area contributed by atoms with Crippen LogP contribution in [0.1, 0.15) is 16.7 Å². The van der Waals surface area contributed by atoms with E-state index in [1.165, 1.54) is 22.3 Å². The summed E-state index contributed by atoms with van der Waals surface area (Å²) in [6.07, 6.45) is 1.03. The van der Waals surface area contributed by atoms with E-state index < -0.39 is 0 Å². The first kappa shape index (κ1) is 34.0. The second-order valence-corrected chi connectivity index (χ2v) is 11.9. The molecule has 0 aromatic heterocycles. The van der Waals surface area contributed by atoms with Crippen molar-refractivity contribution in [3.05, 3.63) is 144 Å². The highest BCUT2D eigenvalue weighted by molar-refractivity contribution is 6.07. The van der Waals surface area contributed by atoms with Crippen LogP contribution in [0.4, 0.5) is 5.69 Å². The molecule has 0 unspecified atom stereocenters. The van der Waals surface area contributed by atoms with Crippen molar-refractivity contribution in [2.75, 3.05) is 45.4 Å². The van der Waals surface area contributed by atoms with Gasteiger partial charge >= 0.3 is 6.15 Å². The molecule has 1 aliphatic rings. The number of hydrogen-bond donors (Lipinski definition) is 0. The fourth-order valence-electron chi connectivity index (χ4n) is 6.54. The average Bonchev–Trinajstić information content (AvgIpc) is 3.18. The van der Waals surface area contributed by atoms with Crippen LogP contribution < -0.4 is 19.1 Å². The lowest BCUT2D eigenvalue weighted by Gasteiger charge is -2.32. The molecule has 0 atom stereocenters. The van der Waals surface area contributed by atoms with Gasteiger partial charge in [0, 0.05) is 41.4 Å². The maximum atomic E-state index is 8.12. The van der Waals surface area contributed by atoms with Crippen LogP contribution >= 0.6 is 0 Å². The second kappa shape index (κ2) is 16.5. The number of hydrogen-bond acceptors (Lipinski definition) is 7. The van der Waals surface area contributed by atoms with Crippen LogP contribution in [0.5, 0.6) is 17.2 Å². The Hall–Kier alpha value is -5.88. The van der Waals surface area contributed by atoms with Gasteiger partial charge in [-0.25, -0.2) is 0 Å². The Kier molecular flexibility index (Phi) is 11.2. The van der Waals surface area contributed by atoms with E-state index in [2.05, 4.69) is 114 Å². The van der Waals surface area contributed by atoms with Crippen molar-refractivity contribution >= 4 is 22.6 Å². The second-order valence-electron chi connectivity index (χ2n) is 11.9. The molecule has 7 heteroatoms. The molecule has 50 heavy (non-hydrogen) atoms. The Morgan fingerprint density at radius 3 is 1.94 bits per heavy atom. The molecule has 0 saturated carbocycles. The number of fused-ring (bicyclic) bond motifs is 1. The average molecular weight is 666 g/mol. The molecule has 0 amide bonds. The fourth-order valence-corrected chi connectivity index (χ4v) is 6.54. The molecule has 6 aromatic carbocycles. The molecular formula is C43H39NO6. The quantitative estimate of drug-likeness (QED) is 0.145. The first-order chi connectivity index (χ1) is 24.6. The van der Waals surface area contributed by atoms with Gasteiger partial charge in [0.2, 0.25) is 0 Å². The van der Waals surface area contributed by atoms with Crippen LogP contribution in [-0.2, 0) is 27.4 Å². The van der Waals surface area contributed by atoms with Gasteiger partial charge < -0.3 is 23.8 Å². The lowest BCUT2D eigenvalue weighted by atomic mass is 9.87. The molecule has 1 fully saturated rings. The Balaban J connectivity index is 0.00000139. The Labute approximate surface area is 292 Å². The number of nitrogens with zero attached hydrogens (tertiary/aromatic N) is 1. The highest BCUT2D eigenvalue weighted by Crippen LogP contribution is 2.47. The van der Waals surface area contributed by atoms with Crippen molar-refractivity contribution in [1.82, 2.24) is 0 Å². The maximum Gasteiger partial charge on any atom is 0.373 e. The van der Waals surface area contributed by atoms with Crippen LogP contribution in [-0.4, -0.2) is 46.7 Å². The number of ether oxygens (including phenoxy) is 4. The van der Waals surface area contributed by atoms with E-state index >= 15 is 0 Å². The lowest BCUT2D eigenvalue weighted by Crippen LogP contribution is -2.36. The van der Waals surface area contributed by atoms with E-state index in [4.69, 9.17) is 28.5 Å². The predicted molar refractivity (Wildman–Crippen MR) is 196 cm³/mol. The molecule has 252 valence electrons. The van der Waals surface area contributed by atoms with Gasteiger partial charge in [-0.2, -0.15) is 9.59 Å². The highest BCUT2D eigenvalue weighted by atomic mass is 16.5. The van der Waals surface area contributed by atoms with Gasteiger partial charge in [0.25, 0.3) is 0 Å². The smallest absolute Gasteiger partial charge is 0.373 e. The van der Waals surface area contributed by atoms with Gasteiger partial charge in [-0.1, -0.05) is 91.0 Å². The highest BCUT2D eigenvalue weighted by Gasteiger charge is 2.24. The zero-order chi connectivity index (χ0) is 34.7. The third-order valence-corrected chi connectivity index (χ3v) is 8.88. The minimum Gasteiger partial charge on any atom is -0.497 e. The van der Waals surface area contributed by atoms with Crippen molar-refractivity contribution in [2.45, 2.75) is 13.0 Å². The minimum atomic E-state index is 0.250. The van der Waals surface area contributed by atoms with Crippen molar-refractivity contribution in [2.24, 2.45) is 0 Å². The van der Waals surface area contributed by atoms with Gasteiger partial charge in [0.15, 0.2) is 0 Å². The largest absolute Gasteiger partial charge is 0.497 e. The molecule has 0 N–H and O–H groups in total. The number of benzene rings is 6. The molecule has 7 rings (SSSR count). The molecule has 0 aliphatic carbocycles. The molecule has 0 bridgehead atoms. The number of anilines is 1. The third kappa shape index (κ3) is 7.71. The summed E-state index contributed by atoms with van der Waals surface area (Å²) < 4.78 is 24.1. The third-order valence-electron chi connectivity index (χ3n) is 8.88. The van der Waals surface area contributed by atoms with Crippen LogP contribution in [0.25, 0.3) is 33.0 Å².